The molecule has 0 bridgehead atoms. The Labute approximate surface area is 90.4 Å². The van der Waals surface area contributed by atoms with Crippen LogP contribution in [-0.4, -0.2) is 37.0 Å². The van der Waals surface area contributed by atoms with Crippen molar-refractivity contribution in [1.82, 2.24) is 10.6 Å². The first kappa shape index (κ1) is 11.9. The first-order chi connectivity index (χ1) is 6.83. The Bertz CT molecular complexity index is 170. The van der Waals surface area contributed by atoms with E-state index in [9.17, 15) is 4.79 Å². The fourth-order valence-electron chi connectivity index (χ4n) is 1.56. The van der Waals surface area contributed by atoms with Gasteiger partial charge in [-0.15, -0.1) is 0 Å². The van der Waals surface area contributed by atoms with Gasteiger partial charge in [-0.25, -0.2) is 0 Å². The predicted molar refractivity (Wildman–Crippen MR) is 61.7 cm³/mol. The predicted octanol–water partition coefficient (Wildman–Crippen LogP) is 0.998. The molecule has 0 saturated carbocycles. The molecule has 14 heavy (non-hydrogen) atoms. The maximum absolute atomic E-state index is 10.9. The van der Waals surface area contributed by atoms with Gasteiger partial charge in [-0.05, 0) is 18.6 Å². The lowest BCUT2D eigenvalue weighted by molar-refractivity contribution is -0.120. The van der Waals surface area contributed by atoms with Crippen LogP contribution in [0.25, 0.3) is 0 Å². The minimum Gasteiger partial charge on any atom is -0.359 e. The summed E-state index contributed by atoms with van der Waals surface area (Å²) in [5.41, 5.74) is 0. The third-order valence-electron chi connectivity index (χ3n) is 2.45. The molecule has 2 N–H and O–H groups in total. The molecular weight excluding hydrogens is 196 g/mol. The van der Waals surface area contributed by atoms with E-state index < -0.39 is 0 Å². The van der Waals surface area contributed by atoms with Crippen LogP contribution in [0.4, 0.5) is 0 Å². The molecule has 0 aromatic rings. The molecule has 1 aliphatic rings. The van der Waals surface area contributed by atoms with Gasteiger partial charge in [-0.3, -0.25) is 4.79 Å². The maximum atomic E-state index is 10.9. The lowest BCUT2D eigenvalue weighted by Gasteiger charge is -2.21. The Balaban J connectivity index is 1.94. The van der Waals surface area contributed by atoms with Crippen LogP contribution in [0.3, 0.4) is 0 Å². The average Bonchev–Trinajstić information content (AvgIpc) is 2.25. The van der Waals surface area contributed by atoms with Crippen molar-refractivity contribution in [2.75, 3.05) is 25.9 Å². The Kier molecular flexibility index (Phi) is 6.03. The first-order valence-corrected chi connectivity index (χ1v) is 6.40. The summed E-state index contributed by atoms with van der Waals surface area (Å²) >= 11 is 2.06. The Hall–Kier alpha value is -0.220. The highest BCUT2D eigenvalue weighted by Gasteiger charge is 2.12. The standard InChI is InChI=1S/C10H20N2OS/c1-11-10(13)5-6-12-8-9-4-2-3-7-14-9/h9,12H,2-8H2,1H3,(H,11,13). The zero-order chi connectivity index (χ0) is 10.2. The molecule has 0 radical (unpaired) electrons. The van der Waals surface area contributed by atoms with Gasteiger partial charge in [0.05, 0.1) is 0 Å². The van der Waals surface area contributed by atoms with E-state index in [-0.39, 0.29) is 5.91 Å². The van der Waals surface area contributed by atoms with Gasteiger partial charge in [0.2, 0.25) is 5.91 Å². The molecule has 1 heterocycles. The number of hydrogen-bond donors (Lipinski definition) is 2. The number of carbonyl (C=O) groups excluding carboxylic acids is 1. The largest absolute Gasteiger partial charge is 0.359 e. The van der Waals surface area contributed by atoms with Crippen LogP contribution < -0.4 is 10.6 Å². The zero-order valence-corrected chi connectivity index (χ0v) is 9.66. The summed E-state index contributed by atoms with van der Waals surface area (Å²) in [5, 5.41) is 6.73. The molecule has 1 amide bonds. The molecule has 82 valence electrons. The Morgan fingerprint density at radius 2 is 2.36 bits per heavy atom. The zero-order valence-electron chi connectivity index (χ0n) is 8.84. The van der Waals surface area contributed by atoms with Crippen LogP contribution in [-0.2, 0) is 4.79 Å². The number of hydrogen-bond acceptors (Lipinski definition) is 3. The minimum absolute atomic E-state index is 0.119. The number of carbonyl (C=O) groups is 1. The van der Waals surface area contributed by atoms with Gasteiger partial charge in [0.15, 0.2) is 0 Å². The molecule has 4 heteroatoms. The van der Waals surface area contributed by atoms with Crippen molar-refractivity contribution in [3.8, 4) is 0 Å². The number of nitrogens with one attached hydrogen (secondary N) is 2. The molecule has 1 atom stereocenters. The average molecular weight is 216 g/mol. The van der Waals surface area contributed by atoms with Gasteiger partial charge in [-0.1, -0.05) is 6.42 Å². The highest BCUT2D eigenvalue weighted by Crippen LogP contribution is 2.24. The van der Waals surface area contributed by atoms with E-state index in [1.165, 1.54) is 25.0 Å². The van der Waals surface area contributed by atoms with Crippen molar-refractivity contribution < 1.29 is 4.79 Å². The molecule has 0 aliphatic carbocycles. The summed E-state index contributed by atoms with van der Waals surface area (Å²) in [6.45, 7) is 1.86. The molecule has 1 rings (SSSR count). The van der Waals surface area contributed by atoms with Gasteiger partial charge in [0.25, 0.3) is 0 Å². The second-order valence-electron chi connectivity index (χ2n) is 3.62. The summed E-state index contributed by atoms with van der Waals surface area (Å²) in [6.07, 6.45) is 4.67. The van der Waals surface area contributed by atoms with Crippen LogP contribution in [0.5, 0.6) is 0 Å². The molecule has 0 spiro atoms. The van der Waals surface area contributed by atoms with Gasteiger partial charge in [0.1, 0.15) is 0 Å². The van der Waals surface area contributed by atoms with Crippen molar-refractivity contribution in [3.63, 3.8) is 0 Å². The van der Waals surface area contributed by atoms with Crippen molar-refractivity contribution in [2.24, 2.45) is 0 Å². The van der Waals surface area contributed by atoms with E-state index in [1.807, 2.05) is 0 Å². The summed E-state index contributed by atoms with van der Waals surface area (Å²) in [5.74, 6) is 1.43. The van der Waals surface area contributed by atoms with E-state index >= 15 is 0 Å². The number of amides is 1. The number of rotatable bonds is 5. The van der Waals surface area contributed by atoms with Gasteiger partial charge >= 0.3 is 0 Å². The smallest absolute Gasteiger partial charge is 0.221 e. The second-order valence-corrected chi connectivity index (χ2v) is 5.02. The van der Waals surface area contributed by atoms with Crippen LogP contribution in [0.1, 0.15) is 25.7 Å². The molecule has 0 aromatic heterocycles. The van der Waals surface area contributed by atoms with Crippen molar-refractivity contribution in [3.05, 3.63) is 0 Å². The monoisotopic (exact) mass is 216 g/mol. The van der Waals surface area contributed by atoms with Crippen LogP contribution in [0.15, 0.2) is 0 Å². The second kappa shape index (κ2) is 7.12. The fraction of sp³-hybridized carbons (Fsp3) is 0.900. The Morgan fingerprint density at radius 1 is 1.50 bits per heavy atom. The fourth-order valence-corrected chi connectivity index (χ4v) is 2.83. The maximum Gasteiger partial charge on any atom is 0.221 e. The molecule has 3 nitrogen and oxygen atoms in total. The summed E-state index contributed by atoms with van der Waals surface area (Å²) in [6, 6.07) is 0. The van der Waals surface area contributed by atoms with E-state index in [2.05, 4.69) is 22.4 Å². The molecule has 1 saturated heterocycles. The number of thioether (sulfide) groups is 1. The van der Waals surface area contributed by atoms with Crippen molar-refractivity contribution >= 4 is 17.7 Å². The summed E-state index contributed by atoms with van der Waals surface area (Å²) < 4.78 is 0. The van der Waals surface area contributed by atoms with Crippen molar-refractivity contribution in [2.45, 2.75) is 30.9 Å². The molecule has 1 unspecified atom stereocenters. The quantitative estimate of drug-likeness (QED) is 0.674. The van der Waals surface area contributed by atoms with E-state index in [0.29, 0.717) is 6.42 Å². The summed E-state index contributed by atoms with van der Waals surface area (Å²) in [4.78, 5) is 10.9. The summed E-state index contributed by atoms with van der Waals surface area (Å²) in [7, 11) is 1.68. The van der Waals surface area contributed by atoms with E-state index in [4.69, 9.17) is 0 Å². The lowest BCUT2D eigenvalue weighted by atomic mass is 10.2. The minimum atomic E-state index is 0.119. The van der Waals surface area contributed by atoms with E-state index in [1.54, 1.807) is 7.05 Å². The highest BCUT2D eigenvalue weighted by atomic mass is 32.2. The molecular formula is C10H20N2OS. The van der Waals surface area contributed by atoms with Gasteiger partial charge in [-0.2, -0.15) is 11.8 Å². The lowest BCUT2D eigenvalue weighted by Crippen LogP contribution is -2.30. The Morgan fingerprint density at radius 3 is 3.00 bits per heavy atom. The first-order valence-electron chi connectivity index (χ1n) is 5.36. The molecule has 1 aliphatic heterocycles. The van der Waals surface area contributed by atoms with Gasteiger partial charge in [0, 0.05) is 31.8 Å². The molecule has 1 fully saturated rings. The van der Waals surface area contributed by atoms with Crippen LogP contribution in [0, 0.1) is 0 Å². The third-order valence-corrected chi connectivity index (χ3v) is 3.85. The van der Waals surface area contributed by atoms with E-state index in [0.717, 1.165) is 18.3 Å². The highest BCUT2D eigenvalue weighted by molar-refractivity contribution is 7.99. The van der Waals surface area contributed by atoms with Crippen LogP contribution in [0.2, 0.25) is 0 Å². The van der Waals surface area contributed by atoms with Crippen LogP contribution >= 0.6 is 11.8 Å². The molecule has 0 aromatic carbocycles. The third kappa shape index (κ3) is 4.86. The van der Waals surface area contributed by atoms with Crippen molar-refractivity contribution in [1.29, 1.82) is 0 Å². The SMILES string of the molecule is CNC(=O)CCNCC1CCCCS1. The van der Waals surface area contributed by atoms with Gasteiger partial charge < -0.3 is 10.6 Å². The topological polar surface area (TPSA) is 41.1 Å². The normalized spacial score (nSPS) is 21.9.